The van der Waals surface area contributed by atoms with Gasteiger partial charge in [0, 0.05) is 6.04 Å². The first kappa shape index (κ1) is 14.4. The molecular weight excluding hydrogens is 276 g/mol. The van der Waals surface area contributed by atoms with Gasteiger partial charge in [-0.15, -0.1) is 0 Å². The van der Waals surface area contributed by atoms with Gasteiger partial charge in [-0.2, -0.15) is 0 Å². The molecule has 1 atom stereocenters. The van der Waals surface area contributed by atoms with Crippen LogP contribution in [0.5, 0.6) is 5.75 Å². The Labute approximate surface area is 118 Å². The highest BCUT2D eigenvalue weighted by atomic mass is 32.2. The minimum absolute atomic E-state index is 0.0237. The van der Waals surface area contributed by atoms with Gasteiger partial charge in [0.2, 0.25) is 10.0 Å². The van der Waals surface area contributed by atoms with Gasteiger partial charge in [0.25, 0.3) is 0 Å². The average Bonchev–Trinajstić information content (AvgIpc) is 2.42. The second-order valence-corrected chi connectivity index (χ2v) is 6.19. The first-order valence-electron chi connectivity index (χ1n) is 6.06. The summed E-state index contributed by atoms with van der Waals surface area (Å²) in [6.45, 7) is 1.76. The Morgan fingerprint density at radius 2 is 1.80 bits per heavy atom. The number of phenolic OH excluding ortho intramolecular Hbond substituents is 1. The highest BCUT2D eigenvalue weighted by Gasteiger charge is 2.19. The molecule has 0 spiro atoms. The zero-order valence-electron chi connectivity index (χ0n) is 10.9. The lowest BCUT2D eigenvalue weighted by Crippen LogP contribution is -2.26. The summed E-state index contributed by atoms with van der Waals surface area (Å²) in [7, 11) is -3.69. The predicted molar refractivity (Wildman–Crippen MR) is 77.7 cm³/mol. The molecular formula is C14H16N2O3S. The summed E-state index contributed by atoms with van der Waals surface area (Å²) in [5.74, 6) is -0.139. The number of anilines is 1. The summed E-state index contributed by atoms with van der Waals surface area (Å²) in [4.78, 5) is 0.0237. The van der Waals surface area contributed by atoms with Crippen molar-refractivity contribution in [1.82, 2.24) is 4.72 Å². The lowest BCUT2D eigenvalue weighted by Gasteiger charge is -2.15. The molecule has 2 rings (SSSR count). The van der Waals surface area contributed by atoms with Crippen LogP contribution in [0.3, 0.4) is 0 Å². The molecule has 0 bridgehead atoms. The summed E-state index contributed by atoms with van der Waals surface area (Å²) in [5, 5.41) is 9.33. The Balaban J connectivity index is 2.25. The Morgan fingerprint density at radius 3 is 2.40 bits per heavy atom. The van der Waals surface area contributed by atoms with Gasteiger partial charge < -0.3 is 10.8 Å². The topological polar surface area (TPSA) is 92.4 Å². The molecule has 2 aromatic carbocycles. The van der Waals surface area contributed by atoms with Crippen molar-refractivity contribution in [3.05, 3.63) is 54.1 Å². The fourth-order valence-electron chi connectivity index (χ4n) is 1.81. The number of phenols is 1. The van der Waals surface area contributed by atoms with E-state index in [0.717, 1.165) is 5.56 Å². The molecule has 0 fully saturated rings. The number of aromatic hydroxyl groups is 1. The molecule has 0 aromatic heterocycles. The molecule has 5 nitrogen and oxygen atoms in total. The van der Waals surface area contributed by atoms with Crippen molar-refractivity contribution in [2.75, 3.05) is 5.73 Å². The first-order valence-corrected chi connectivity index (χ1v) is 7.54. The van der Waals surface area contributed by atoms with Crippen molar-refractivity contribution in [3.8, 4) is 5.75 Å². The smallest absolute Gasteiger partial charge is 0.241 e. The molecule has 4 N–H and O–H groups in total. The van der Waals surface area contributed by atoms with Gasteiger partial charge in [-0.3, -0.25) is 0 Å². The van der Waals surface area contributed by atoms with E-state index in [2.05, 4.69) is 4.72 Å². The number of benzene rings is 2. The number of sulfonamides is 1. The SMILES string of the molecule is CC(NS(=O)(=O)c1ccc(O)c(N)c1)c1ccccc1. The number of rotatable bonds is 4. The Hall–Kier alpha value is -2.05. The van der Waals surface area contributed by atoms with Crippen LogP contribution < -0.4 is 10.5 Å². The Kier molecular flexibility index (Phi) is 3.96. The van der Waals surface area contributed by atoms with Crippen molar-refractivity contribution < 1.29 is 13.5 Å². The number of hydrogen-bond acceptors (Lipinski definition) is 4. The monoisotopic (exact) mass is 292 g/mol. The summed E-state index contributed by atoms with van der Waals surface area (Å²) < 4.78 is 27.0. The van der Waals surface area contributed by atoms with Gasteiger partial charge in [0.05, 0.1) is 10.6 Å². The molecule has 0 aliphatic heterocycles. The van der Waals surface area contributed by atoms with Gasteiger partial charge in [-0.25, -0.2) is 13.1 Å². The third-order valence-corrected chi connectivity index (χ3v) is 4.48. The second-order valence-electron chi connectivity index (χ2n) is 4.47. The summed E-state index contributed by atoms with van der Waals surface area (Å²) in [5.41, 5.74) is 6.41. The van der Waals surface area contributed by atoms with Gasteiger partial charge in [-0.1, -0.05) is 30.3 Å². The molecule has 6 heteroatoms. The number of hydrogen-bond donors (Lipinski definition) is 3. The Bertz CT molecular complexity index is 700. The van der Waals surface area contributed by atoms with E-state index in [9.17, 15) is 13.5 Å². The van der Waals surface area contributed by atoms with Gasteiger partial charge in [-0.05, 0) is 30.7 Å². The normalized spacial score (nSPS) is 13.1. The molecule has 2 aromatic rings. The van der Waals surface area contributed by atoms with Crippen molar-refractivity contribution in [1.29, 1.82) is 0 Å². The van der Waals surface area contributed by atoms with Crippen LogP contribution in [-0.4, -0.2) is 13.5 Å². The largest absolute Gasteiger partial charge is 0.506 e. The van der Waals surface area contributed by atoms with Crippen molar-refractivity contribution in [2.24, 2.45) is 0 Å². The third kappa shape index (κ3) is 3.09. The van der Waals surface area contributed by atoms with E-state index in [1.54, 1.807) is 6.92 Å². The first-order chi connectivity index (χ1) is 9.40. The number of nitrogen functional groups attached to an aromatic ring is 1. The highest BCUT2D eigenvalue weighted by Crippen LogP contribution is 2.24. The fourth-order valence-corrected chi connectivity index (χ4v) is 3.08. The van der Waals surface area contributed by atoms with Crippen molar-refractivity contribution >= 4 is 15.7 Å². The molecule has 0 aliphatic carbocycles. The van der Waals surface area contributed by atoms with E-state index >= 15 is 0 Å². The predicted octanol–water partition coefficient (Wildman–Crippen LogP) is 2.01. The standard InChI is InChI=1S/C14H16N2O3S/c1-10(11-5-3-2-4-6-11)16-20(18,19)12-7-8-14(17)13(15)9-12/h2-10,16-17H,15H2,1H3. The van der Waals surface area contributed by atoms with E-state index in [4.69, 9.17) is 5.73 Å². The number of nitrogens with one attached hydrogen (secondary N) is 1. The van der Waals surface area contributed by atoms with E-state index < -0.39 is 10.0 Å². The summed E-state index contributed by atoms with van der Waals surface area (Å²) >= 11 is 0. The number of nitrogens with two attached hydrogens (primary N) is 1. The van der Waals surface area contributed by atoms with E-state index in [1.165, 1.54) is 18.2 Å². The maximum absolute atomic E-state index is 12.2. The van der Waals surface area contributed by atoms with E-state index in [1.807, 2.05) is 30.3 Å². The molecule has 0 saturated carbocycles. The van der Waals surface area contributed by atoms with E-state index in [0.29, 0.717) is 0 Å². The molecule has 0 amide bonds. The Morgan fingerprint density at radius 1 is 1.15 bits per heavy atom. The van der Waals surface area contributed by atoms with Crippen LogP contribution in [0.2, 0.25) is 0 Å². The minimum atomic E-state index is -3.69. The maximum atomic E-state index is 12.2. The zero-order valence-corrected chi connectivity index (χ0v) is 11.8. The second kappa shape index (κ2) is 5.52. The van der Waals surface area contributed by atoms with E-state index in [-0.39, 0.29) is 22.4 Å². The van der Waals surface area contributed by atoms with Crippen LogP contribution in [0.1, 0.15) is 18.5 Å². The molecule has 0 aliphatic rings. The molecule has 0 radical (unpaired) electrons. The highest BCUT2D eigenvalue weighted by molar-refractivity contribution is 7.89. The molecule has 0 saturated heterocycles. The third-order valence-electron chi connectivity index (χ3n) is 2.94. The lowest BCUT2D eigenvalue weighted by atomic mass is 10.1. The van der Waals surface area contributed by atoms with Gasteiger partial charge in [0.15, 0.2) is 0 Å². The van der Waals surface area contributed by atoms with Crippen LogP contribution in [0.25, 0.3) is 0 Å². The lowest BCUT2D eigenvalue weighted by molar-refractivity contribution is 0.477. The van der Waals surface area contributed by atoms with Crippen molar-refractivity contribution in [2.45, 2.75) is 17.9 Å². The average molecular weight is 292 g/mol. The quantitative estimate of drug-likeness (QED) is 0.593. The van der Waals surface area contributed by atoms with Crippen molar-refractivity contribution in [3.63, 3.8) is 0 Å². The van der Waals surface area contributed by atoms with Crippen LogP contribution in [0, 0.1) is 0 Å². The molecule has 20 heavy (non-hydrogen) atoms. The fraction of sp³-hybridized carbons (Fsp3) is 0.143. The minimum Gasteiger partial charge on any atom is -0.506 e. The molecule has 106 valence electrons. The molecule has 1 unspecified atom stereocenters. The molecule has 0 heterocycles. The van der Waals surface area contributed by atoms with Crippen LogP contribution in [-0.2, 0) is 10.0 Å². The summed E-state index contributed by atoms with van der Waals surface area (Å²) in [6, 6.07) is 12.7. The zero-order chi connectivity index (χ0) is 14.8. The van der Waals surface area contributed by atoms with Crippen LogP contribution in [0.15, 0.2) is 53.4 Å². The van der Waals surface area contributed by atoms with Gasteiger partial charge >= 0.3 is 0 Å². The van der Waals surface area contributed by atoms with Gasteiger partial charge in [0.1, 0.15) is 5.75 Å². The summed E-state index contributed by atoms with van der Waals surface area (Å²) in [6.07, 6.45) is 0. The van der Waals surface area contributed by atoms with Crippen LogP contribution in [0.4, 0.5) is 5.69 Å². The maximum Gasteiger partial charge on any atom is 0.241 e. The van der Waals surface area contributed by atoms with Crippen LogP contribution >= 0.6 is 0 Å².